The van der Waals surface area contributed by atoms with Crippen molar-refractivity contribution in [3.8, 4) is 11.5 Å². The Hall–Kier alpha value is -2.58. The number of likely N-dealkylation sites (tertiary alicyclic amines) is 1. The maximum Gasteiger partial charge on any atom is 0.410 e. The lowest BCUT2D eigenvalue weighted by Gasteiger charge is -2.33. The second-order valence-corrected chi connectivity index (χ2v) is 8.26. The van der Waals surface area contributed by atoms with Crippen molar-refractivity contribution in [2.24, 2.45) is 5.92 Å². The van der Waals surface area contributed by atoms with Gasteiger partial charge in [0.15, 0.2) is 11.5 Å². The van der Waals surface area contributed by atoms with Gasteiger partial charge in [0.2, 0.25) is 5.91 Å². The highest BCUT2D eigenvalue weighted by molar-refractivity contribution is 5.76. The van der Waals surface area contributed by atoms with E-state index in [2.05, 4.69) is 10.1 Å². The number of hydrogen-bond acceptors (Lipinski definition) is 5. The van der Waals surface area contributed by atoms with Crippen LogP contribution in [0.25, 0.3) is 0 Å². The van der Waals surface area contributed by atoms with E-state index >= 15 is 0 Å². The van der Waals surface area contributed by atoms with Gasteiger partial charge in [0.1, 0.15) is 5.60 Å². The molecule has 7 nitrogen and oxygen atoms in total. The molecule has 1 aliphatic rings. The summed E-state index contributed by atoms with van der Waals surface area (Å²) < 4.78 is 39.9. The van der Waals surface area contributed by atoms with Gasteiger partial charge in [-0.3, -0.25) is 4.79 Å². The Bertz CT molecular complexity index is 729. The molecule has 0 spiro atoms. The van der Waals surface area contributed by atoms with Crippen LogP contribution in [-0.4, -0.2) is 49.3 Å². The molecule has 1 aromatic carbocycles. The first-order chi connectivity index (χ1) is 14.1. The van der Waals surface area contributed by atoms with Crippen LogP contribution in [0.3, 0.4) is 0 Å². The lowest BCUT2D eigenvalue weighted by molar-refractivity contribution is -0.122. The van der Waals surface area contributed by atoms with Crippen LogP contribution in [0.5, 0.6) is 11.5 Å². The monoisotopic (exact) mass is 428 g/mol. The van der Waals surface area contributed by atoms with Gasteiger partial charge < -0.3 is 24.4 Å². The number of rotatable bonds is 7. The second-order valence-electron chi connectivity index (χ2n) is 8.26. The average Bonchev–Trinajstić information content (AvgIpc) is 2.65. The number of alkyl halides is 2. The molecular formula is C21H30F2N2O5. The maximum absolute atomic E-state index is 12.5. The third kappa shape index (κ3) is 7.68. The summed E-state index contributed by atoms with van der Waals surface area (Å²) >= 11 is 0. The van der Waals surface area contributed by atoms with E-state index < -0.39 is 12.2 Å². The van der Waals surface area contributed by atoms with E-state index in [1.54, 1.807) is 11.0 Å². The van der Waals surface area contributed by atoms with Crippen LogP contribution in [0.1, 0.15) is 45.6 Å². The van der Waals surface area contributed by atoms with E-state index in [9.17, 15) is 18.4 Å². The number of hydrogen-bond donors (Lipinski definition) is 1. The predicted octanol–water partition coefficient (Wildman–Crippen LogP) is 3.95. The van der Waals surface area contributed by atoms with Gasteiger partial charge in [-0.25, -0.2) is 4.79 Å². The number of nitrogens with one attached hydrogen (secondary N) is 1. The number of benzene rings is 1. The zero-order valence-electron chi connectivity index (χ0n) is 17.9. The Kier molecular flexibility index (Phi) is 8.25. The molecule has 0 saturated carbocycles. The highest BCUT2D eigenvalue weighted by Gasteiger charge is 2.27. The maximum atomic E-state index is 12.5. The van der Waals surface area contributed by atoms with E-state index in [1.807, 2.05) is 20.8 Å². The summed E-state index contributed by atoms with van der Waals surface area (Å²) in [6.07, 6.45) is 1.47. The smallest absolute Gasteiger partial charge is 0.410 e. The number of carbonyl (C=O) groups is 2. The Morgan fingerprint density at radius 2 is 1.87 bits per heavy atom. The number of piperidine rings is 1. The zero-order valence-corrected chi connectivity index (χ0v) is 17.9. The molecule has 2 amide bonds. The molecule has 0 unspecified atom stereocenters. The van der Waals surface area contributed by atoms with Crippen molar-refractivity contribution < 1.29 is 32.6 Å². The molecule has 0 radical (unpaired) electrons. The molecule has 0 atom stereocenters. The minimum atomic E-state index is -2.96. The van der Waals surface area contributed by atoms with Crippen LogP contribution in [0.15, 0.2) is 18.2 Å². The average molecular weight is 428 g/mol. The van der Waals surface area contributed by atoms with E-state index in [0.29, 0.717) is 25.1 Å². The van der Waals surface area contributed by atoms with Crippen LogP contribution < -0.4 is 14.8 Å². The molecule has 1 N–H and O–H groups in total. The number of carbonyl (C=O) groups excluding carboxylic acids is 2. The fraction of sp³-hybridized carbons (Fsp3) is 0.619. The molecule has 1 heterocycles. The molecule has 168 valence electrons. The number of ether oxygens (including phenoxy) is 3. The van der Waals surface area contributed by atoms with Gasteiger partial charge in [0.25, 0.3) is 0 Å². The first-order valence-electron chi connectivity index (χ1n) is 9.93. The van der Waals surface area contributed by atoms with E-state index in [4.69, 9.17) is 9.47 Å². The lowest BCUT2D eigenvalue weighted by atomic mass is 9.93. The van der Waals surface area contributed by atoms with Gasteiger partial charge >= 0.3 is 12.7 Å². The summed E-state index contributed by atoms with van der Waals surface area (Å²) in [6, 6.07) is 4.62. The van der Waals surface area contributed by atoms with Gasteiger partial charge in [0, 0.05) is 26.1 Å². The van der Waals surface area contributed by atoms with Crippen LogP contribution >= 0.6 is 0 Å². The topological polar surface area (TPSA) is 77.1 Å². The molecule has 2 rings (SSSR count). The number of methoxy groups -OCH3 is 1. The summed E-state index contributed by atoms with van der Waals surface area (Å²) in [7, 11) is 1.36. The van der Waals surface area contributed by atoms with Gasteiger partial charge in [-0.2, -0.15) is 8.78 Å². The number of halogens is 2. The molecule has 0 aromatic heterocycles. The van der Waals surface area contributed by atoms with E-state index in [1.165, 1.54) is 19.2 Å². The largest absolute Gasteiger partial charge is 0.493 e. The van der Waals surface area contributed by atoms with Crippen molar-refractivity contribution in [2.75, 3.05) is 20.2 Å². The van der Waals surface area contributed by atoms with Crippen molar-refractivity contribution in [3.05, 3.63) is 23.8 Å². The molecule has 1 aliphatic heterocycles. The normalized spacial score (nSPS) is 15.1. The highest BCUT2D eigenvalue weighted by Crippen LogP contribution is 2.29. The van der Waals surface area contributed by atoms with Crippen LogP contribution in [0.4, 0.5) is 13.6 Å². The van der Waals surface area contributed by atoms with Crippen LogP contribution in [0.2, 0.25) is 0 Å². The fourth-order valence-electron chi connectivity index (χ4n) is 3.20. The zero-order chi connectivity index (χ0) is 22.3. The van der Waals surface area contributed by atoms with Crippen LogP contribution in [-0.2, 0) is 16.1 Å². The molecule has 0 aliphatic carbocycles. The minimum absolute atomic E-state index is 0.0752. The summed E-state index contributed by atoms with van der Waals surface area (Å²) in [5.41, 5.74) is 0.0923. The summed E-state index contributed by atoms with van der Waals surface area (Å²) in [6.45, 7) is 3.82. The first kappa shape index (κ1) is 23.7. The summed E-state index contributed by atoms with van der Waals surface area (Å²) in [5, 5.41) is 2.80. The quantitative estimate of drug-likeness (QED) is 0.712. The second kappa shape index (κ2) is 10.4. The Balaban J connectivity index is 1.79. The SMILES string of the molecule is COc1ccc(CNC(=O)CC2CCN(C(=O)OC(C)(C)C)CC2)cc1OC(F)F. The van der Waals surface area contributed by atoms with Crippen molar-refractivity contribution in [2.45, 2.75) is 58.8 Å². The molecule has 30 heavy (non-hydrogen) atoms. The molecule has 1 fully saturated rings. The summed E-state index contributed by atoms with van der Waals surface area (Å²) in [4.78, 5) is 26.0. The van der Waals surface area contributed by atoms with Crippen molar-refractivity contribution in [1.29, 1.82) is 0 Å². The Labute approximate surface area is 175 Å². The third-order valence-corrected chi connectivity index (χ3v) is 4.67. The molecule has 9 heteroatoms. The van der Waals surface area contributed by atoms with Gasteiger partial charge in [-0.05, 0) is 57.2 Å². The van der Waals surface area contributed by atoms with Gasteiger partial charge in [-0.1, -0.05) is 6.07 Å². The molecular weight excluding hydrogens is 398 g/mol. The Morgan fingerprint density at radius 1 is 1.20 bits per heavy atom. The van der Waals surface area contributed by atoms with Gasteiger partial charge in [-0.15, -0.1) is 0 Å². The molecule has 1 saturated heterocycles. The molecule has 1 aromatic rings. The van der Waals surface area contributed by atoms with Gasteiger partial charge in [0.05, 0.1) is 7.11 Å². The highest BCUT2D eigenvalue weighted by atomic mass is 19.3. The minimum Gasteiger partial charge on any atom is -0.493 e. The Morgan fingerprint density at radius 3 is 2.43 bits per heavy atom. The van der Waals surface area contributed by atoms with Crippen LogP contribution in [0, 0.1) is 5.92 Å². The predicted molar refractivity (Wildman–Crippen MR) is 107 cm³/mol. The molecule has 0 bridgehead atoms. The first-order valence-corrected chi connectivity index (χ1v) is 9.93. The van der Waals surface area contributed by atoms with Crippen molar-refractivity contribution >= 4 is 12.0 Å². The van der Waals surface area contributed by atoms with Crippen molar-refractivity contribution in [1.82, 2.24) is 10.2 Å². The number of amides is 2. The van der Waals surface area contributed by atoms with E-state index in [-0.39, 0.29) is 36.0 Å². The van der Waals surface area contributed by atoms with Crippen molar-refractivity contribution in [3.63, 3.8) is 0 Å². The standard InChI is InChI=1S/C21H30F2N2O5/c1-21(2,3)30-20(27)25-9-7-14(8-10-25)12-18(26)24-13-15-5-6-16(28-4)17(11-15)29-19(22)23/h5-6,11,14,19H,7-10,12-13H2,1-4H3,(H,24,26). The number of nitrogens with zero attached hydrogens (tertiary/aromatic N) is 1. The summed E-state index contributed by atoms with van der Waals surface area (Å²) in [5.74, 6) is 0.172. The lowest BCUT2D eigenvalue weighted by Crippen LogP contribution is -2.42. The fourth-order valence-corrected chi connectivity index (χ4v) is 3.20. The van der Waals surface area contributed by atoms with E-state index in [0.717, 1.165) is 12.8 Å². The third-order valence-electron chi connectivity index (χ3n) is 4.67.